The first-order chi connectivity index (χ1) is 7.59. The molecule has 0 aliphatic heterocycles. The molecule has 2 aromatic heterocycles. The van der Waals surface area contributed by atoms with Crippen LogP contribution in [0.5, 0.6) is 0 Å². The summed E-state index contributed by atoms with van der Waals surface area (Å²) in [6, 6.07) is 3.32. The Morgan fingerprint density at radius 3 is 2.81 bits per heavy atom. The van der Waals surface area contributed by atoms with Gasteiger partial charge < -0.3 is 11.5 Å². The molecular weight excluding hydrogens is 206 g/mol. The summed E-state index contributed by atoms with van der Waals surface area (Å²) in [4.78, 5) is 15.0. The maximum atomic E-state index is 10.9. The van der Waals surface area contributed by atoms with E-state index >= 15 is 0 Å². The predicted molar refractivity (Wildman–Crippen MR) is 59.0 cm³/mol. The van der Waals surface area contributed by atoms with Crippen molar-refractivity contribution in [1.82, 2.24) is 14.8 Å². The highest BCUT2D eigenvalue weighted by atomic mass is 16.1. The van der Waals surface area contributed by atoms with Gasteiger partial charge in [-0.25, -0.2) is 9.67 Å². The summed E-state index contributed by atoms with van der Waals surface area (Å²) in [5.74, 6) is -0.0857. The van der Waals surface area contributed by atoms with Gasteiger partial charge in [-0.05, 0) is 24.6 Å². The van der Waals surface area contributed by atoms with Crippen LogP contribution in [0.15, 0.2) is 24.5 Å². The molecule has 0 unspecified atom stereocenters. The Kier molecular flexibility index (Phi) is 2.32. The van der Waals surface area contributed by atoms with Crippen LogP contribution in [-0.2, 0) is 0 Å². The van der Waals surface area contributed by atoms with Gasteiger partial charge in [0.2, 0.25) is 0 Å². The topological polar surface area (TPSA) is 99.8 Å². The third kappa shape index (κ3) is 1.60. The number of nitrogen functional groups attached to an aromatic ring is 1. The molecule has 16 heavy (non-hydrogen) atoms. The van der Waals surface area contributed by atoms with Gasteiger partial charge in [-0.3, -0.25) is 4.79 Å². The third-order valence-corrected chi connectivity index (χ3v) is 2.25. The van der Waals surface area contributed by atoms with Crippen molar-refractivity contribution in [2.24, 2.45) is 5.73 Å². The van der Waals surface area contributed by atoms with Crippen molar-refractivity contribution in [3.63, 3.8) is 0 Å². The van der Waals surface area contributed by atoms with E-state index in [1.54, 1.807) is 18.5 Å². The van der Waals surface area contributed by atoms with Crippen molar-refractivity contribution in [1.29, 1.82) is 0 Å². The minimum absolute atomic E-state index is 0.183. The van der Waals surface area contributed by atoms with Crippen LogP contribution in [0.1, 0.15) is 16.1 Å². The smallest absolute Gasteiger partial charge is 0.269 e. The number of amides is 1. The van der Waals surface area contributed by atoms with Crippen molar-refractivity contribution in [3.05, 3.63) is 35.8 Å². The fraction of sp³-hybridized carbons (Fsp3) is 0.100. The van der Waals surface area contributed by atoms with Crippen LogP contribution in [0, 0.1) is 6.92 Å². The number of pyridine rings is 1. The molecule has 2 rings (SSSR count). The van der Waals surface area contributed by atoms with E-state index in [1.165, 1.54) is 10.7 Å². The van der Waals surface area contributed by atoms with Crippen LogP contribution < -0.4 is 11.5 Å². The third-order valence-electron chi connectivity index (χ3n) is 2.25. The zero-order valence-electron chi connectivity index (χ0n) is 8.71. The van der Waals surface area contributed by atoms with E-state index in [0.717, 1.165) is 5.56 Å². The van der Waals surface area contributed by atoms with E-state index in [0.29, 0.717) is 11.5 Å². The normalized spacial score (nSPS) is 10.3. The quantitative estimate of drug-likeness (QED) is 0.753. The summed E-state index contributed by atoms with van der Waals surface area (Å²) in [5.41, 5.74) is 12.6. The molecule has 6 heteroatoms. The Balaban J connectivity index is 2.50. The Bertz CT molecular complexity index is 546. The first-order valence-corrected chi connectivity index (χ1v) is 4.66. The molecule has 0 saturated heterocycles. The fourth-order valence-corrected chi connectivity index (χ4v) is 1.31. The maximum Gasteiger partial charge on any atom is 0.269 e. The van der Waals surface area contributed by atoms with Crippen LogP contribution in [0.25, 0.3) is 5.82 Å². The standard InChI is InChI=1S/C10H11N5O/c1-6-2-4-13-10(8(6)11)15-5-3-7(14-15)9(12)16/h2-5H,11H2,1H3,(H2,12,16). The van der Waals surface area contributed by atoms with Gasteiger partial charge in [-0.15, -0.1) is 0 Å². The molecule has 0 aliphatic rings. The van der Waals surface area contributed by atoms with Crippen LogP contribution in [-0.4, -0.2) is 20.7 Å². The zero-order valence-corrected chi connectivity index (χ0v) is 8.71. The van der Waals surface area contributed by atoms with Gasteiger partial charge in [0.1, 0.15) is 5.69 Å². The number of hydrogen-bond donors (Lipinski definition) is 2. The second-order valence-corrected chi connectivity index (χ2v) is 3.37. The summed E-state index contributed by atoms with van der Waals surface area (Å²) >= 11 is 0. The number of primary amides is 1. The van der Waals surface area contributed by atoms with E-state index in [1.807, 2.05) is 6.92 Å². The summed E-state index contributed by atoms with van der Waals surface area (Å²) in [6.07, 6.45) is 3.23. The molecule has 0 radical (unpaired) electrons. The summed E-state index contributed by atoms with van der Waals surface area (Å²) < 4.78 is 1.43. The molecule has 0 fully saturated rings. The monoisotopic (exact) mass is 217 g/mol. The minimum atomic E-state index is -0.579. The van der Waals surface area contributed by atoms with Crippen molar-refractivity contribution in [2.75, 3.05) is 5.73 Å². The highest BCUT2D eigenvalue weighted by Gasteiger charge is 2.09. The van der Waals surface area contributed by atoms with E-state index in [-0.39, 0.29) is 5.69 Å². The van der Waals surface area contributed by atoms with E-state index in [4.69, 9.17) is 11.5 Å². The first kappa shape index (κ1) is 10.2. The molecule has 4 N–H and O–H groups in total. The number of aromatic nitrogens is 3. The lowest BCUT2D eigenvalue weighted by Crippen LogP contribution is -2.13. The maximum absolute atomic E-state index is 10.9. The number of aryl methyl sites for hydroxylation is 1. The van der Waals surface area contributed by atoms with Crippen molar-refractivity contribution in [2.45, 2.75) is 6.92 Å². The number of nitrogens with zero attached hydrogens (tertiary/aromatic N) is 3. The first-order valence-electron chi connectivity index (χ1n) is 4.66. The summed E-state index contributed by atoms with van der Waals surface area (Å²) in [6.45, 7) is 1.87. The van der Waals surface area contributed by atoms with Crippen LogP contribution in [0.3, 0.4) is 0 Å². The van der Waals surface area contributed by atoms with E-state index in [9.17, 15) is 4.79 Å². The number of nitrogens with two attached hydrogens (primary N) is 2. The zero-order chi connectivity index (χ0) is 11.7. The highest BCUT2D eigenvalue weighted by Crippen LogP contribution is 2.17. The van der Waals surface area contributed by atoms with Crippen LogP contribution in [0.2, 0.25) is 0 Å². The van der Waals surface area contributed by atoms with Gasteiger partial charge in [0, 0.05) is 12.4 Å². The number of carbonyl (C=O) groups excluding carboxylic acids is 1. The Hall–Kier alpha value is -2.37. The SMILES string of the molecule is Cc1ccnc(-n2ccc(C(N)=O)n2)c1N. The number of hydrogen-bond acceptors (Lipinski definition) is 4. The Morgan fingerprint density at radius 2 is 2.19 bits per heavy atom. The van der Waals surface area contributed by atoms with Crippen LogP contribution >= 0.6 is 0 Å². The average Bonchev–Trinajstić information content (AvgIpc) is 2.71. The van der Waals surface area contributed by atoms with Gasteiger partial charge in [0.05, 0.1) is 5.69 Å². The van der Waals surface area contributed by atoms with E-state index < -0.39 is 5.91 Å². The molecule has 0 aromatic carbocycles. The lowest BCUT2D eigenvalue weighted by Gasteiger charge is -2.06. The molecule has 0 aliphatic carbocycles. The molecular formula is C10H11N5O. The van der Waals surface area contributed by atoms with Crippen LogP contribution in [0.4, 0.5) is 5.69 Å². The average molecular weight is 217 g/mol. The van der Waals surface area contributed by atoms with Gasteiger partial charge in [-0.1, -0.05) is 0 Å². The van der Waals surface area contributed by atoms with Crippen molar-refractivity contribution in [3.8, 4) is 5.82 Å². The van der Waals surface area contributed by atoms with Crippen molar-refractivity contribution >= 4 is 11.6 Å². The molecule has 6 nitrogen and oxygen atoms in total. The molecule has 82 valence electrons. The molecule has 1 amide bonds. The largest absolute Gasteiger partial charge is 0.395 e. The number of anilines is 1. The van der Waals surface area contributed by atoms with Gasteiger partial charge in [0.25, 0.3) is 5.91 Å². The molecule has 0 saturated carbocycles. The molecule has 0 bridgehead atoms. The predicted octanol–water partition coefficient (Wildman–Crippen LogP) is 0.257. The van der Waals surface area contributed by atoms with E-state index in [2.05, 4.69) is 10.1 Å². The molecule has 2 heterocycles. The minimum Gasteiger partial charge on any atom is -0.395 e. The molecule has 2 aromatic rings. The summed E-state index contributed by atoms with van der Waals surface area (Å²) in [7, 11) is 0. The molecule has 0 spiro atoms. The lowest BCUT2D eigenvalue weighted by molar-refractivity contribution is 0.0995. The van der Waals surface area contributed by atoms with Crippen molar-refractivity contribution < 1.29 is 4.79 Å². The molecule has 0 atom stereocenters. The van der Waals surface area contributed by atoms with Gasteiger partial charge in [-0.2, -0.15) is 5.10 Å². The lowest BCUT2D eigenvalue weighted by atomic mass is 10.2. The second kappa shape index (κ2) is 3.65. The Labute approximate surface area is 91.9 Å². The summed E-state index contributed by atoms with van der Waals surface area (Å²) in [5, 5.41) is 3.98. The fourth-order valence-electron chi connectivity index (χ4n) is 1.31. The second-order valence-electron chi connectivity index (χ2n) is 3.37. The highest BCUT2D eigenvalue weighted by molar-refractivity contribution is 5.90. The van der Waals surface area contributed by atoms with Gasteiger partial charge >= 0.3 is 0 Å². The number of carbonyl (C=O) groups is 1. The van der Waals surface area contributed by atoms with Gasteiger partial charge in [0.15, 0.2) is 5.82 Å². The number of rotatable bonds is 2. The Morgan fingerprint density at radius 1 is 1.44 bits per heavy atom.